The number of nitrogens with two attached hydrogens (primary N) is 1. The number of carbonyl (C=O) groups is 2. The fourth-order valence-corrected chi connectivity index (χ4v) is 2.75. The molecule has 6 nitrogen and oxygen atoms in total. The summed E-state index contributed by atoms with van der Waals surface area (Å²) in [6.07, 6.45) is 7.80. The largest absolute Gasteiger partial charge is 0.493 e. The van der Waals surface area contributed by atoms with Gasteiger partial charge in [0.05, 0.1) is 7.11 Å². The average molecular weight is 396 g/mol. The van der Waals surface area contributed by atoms with Gasteiger partial charge in [0.1, 0.15) is 0 Å². The average Bonchev–Trinajstić information content (AvgIpc) is 2.72. The molecule has 0 unspecified atom stereocenters. The molecule has 0 aromatic heterocycles. The van der Waals surface area contributed by atoms with Crippen molar-refractivity contribution in [2.45, 2.75) is 32.6 Å². The normalized spacial score (nSPS) is 10.7. The first-order valence-corrected chi connectivity index (χ1v) is 9.69. The van der Waals surface area contributed by atoms with Crippen LogP contribution >= 0.6 is 0 Å². The van der Waals surface area contributed by atoms with Crippen molar-refractivity contribution < 1.29 is 19.1 Å². The van der Waals surface area contributed by atoms with E-state index in [4.69, 9.17) is 15.2 Å². The minimum atomic E-state index is -0.568. The number of rotatable bonds is 11. The van der Waals surface area contributed by atoms with Crippen LogP contribution in [0.4, 0.5) is 5.69 Å². The van der Waals surface area contributed by atoms with E-state index in [0.717, 1.165) is 17.7 Å². The van der Waals surface area contributed by atoms with Gasteiger partial charge in [0, 0.05) is 11.8 Å². The molecule has 29 heavy (non-hydrogen) atoms. The molecule has 0 aliphatic heterocycles. The molecule has 2 aromatic rings. The van der Waals surface area contributed by atoms with Crippen molar-refractivity contribution >= 4 is 23.6 Å². The van der Waals surface area contributed by atoms with Gasteiger partial charge in [0.2, 0.25) is 5.91 Å². The smallest absolute Gasteiger partial charge is 0.255 e. The Morgan fingerprint density at radius 1 is 1.07 bits per heavy atom. The van der Waals surface area contributed by atoms with Gasteiger partial charge in [-0.2, -0.15) is 0 Å². The van der Waals surface area contributed by atoms with Crippen molar-refractivity contribution in [1.29, 1.82) is 0 Å². The number of carbonyl (C=O) groups excluding carboxylic acids is 2. The zero-order valence-electron chi connectivity index (χ0n) is 16.9. The van der Waals surface area contributed by atoms with E-state index in [2.05, 4.69) is 12.2 Å². The summed E-state index contributed by atoms with van der Waals surface area (Å²) in [5.41, 5.74) is 7.87. The Balaban J connectivity index is 1.93. The minimum absolute atomic E-state index is 0.225. The quantitative estimate of drug-likeness (QED) is 0.445. The molecule has 0 spiro atoms. The lowest BCUT2D eigenvalue weighted by Crippen LogP contribution is -2.20. The van der Waals surface area contributed by atoms with Gasteiger partial charge in [-0.15, -0.1) is 0 Å². The van der Waals surface area contributed by atoms with E-state index in [0.29, 0.717) is 11.5 Å². The zero-order chi connectivity index (χ0) is 21.1. The van der Waals surface area contributed by atoms with Crippen LogP contribution in [0.3, 0.4) is 0 Å². The lowest BCUT2D eigenvalue weighted by molar-refractivity contribution is -0.120. The lowest BCUT2D eigenvalue weighted by Gasteiger charge is -2.10. The summed E-state index contributed by atoms with van der Waals surface area (Å²) in [7, 11) is 1.50. The second-order valence-corrected chi connectivity index (χ2v) is 6.64. The zero-order valence-corrected chi connectivity index (χ0v) is 16.9. The molecule has 0 aliphatic carbocycles. The van der Waals surface area contributed by atoms with Crippen LogP contribution in [0.15, 0.2) is 48.5 Å². The summed E-state index contributed by atoms with van der Waals surface area (Å²) >= 11 is 0. The van der Waals surface area contributed by atoms with Crippen molar-refractivity contribution in [1.82, 2.24) is 0 Å². The third-order valence-corrected chi connectivity index (χ3v) is 4.28. The molecule has 0 atom stereocenters. The third-order valence-electron chi connectivity index (χ3n) is 4.28. The number of amides is 2. The van der Waals surface area contributed by atoms with E-state index in [1.165, 1.54) is 38.0 Å². The van der Waals surface area contributed by atoms with Crippen molar-refractivity contribution in [2.75, 3.05) is 19.0 Å². The van der Waals surface area contributed by atoms with Gasteiger partial charge in [0.25, 0.3) is 5.91 Å². The molecule has 0 bridgehead atoms. The van der Waals surface area contributed by atoms with Crippen LogP contribution in [-0.2, 0) is 16.0 Å². The summed E-state index contributed by atoms with van der Waals surface area (Å²) in [4.78, 5) is 23.0. The highest BCUT2D eigenvalue weighted by molar-refractivity contribution is 6.01. The Hall–Kier alpha value is -3.28. The van der Waals surface area contributed by atoms with Gasteiger partial charge < -0.3 is 20.5 Å². The summed E-state index contributed by atoms with van der Waals surface area (Å²) in [5.74, 6) is 0.0674. The van der Waals surface area contributed by atoms with Crippen LogP contribution < -0.4 is 20.5 Å². The Morgan fingerprint density at radius 2 is 1.83 bits per heavy atom. The highest BCUT2D eigenvalue weighted by Crippen LogP contribution is 2.28. The number of nitrogens with one attached hydrogen (secondary N) is 1. The number of hydrogen-bond donors (Lipinski definition) is 2. The Bertz CT molecular complexity index is 844. The SMILES string of the molecule is CCCCCc1ccc(NC(=O)/C=C/c2ccc(OCC(N)=O)c(OC)c2)cc1. The third kappa shape index (κ3) is 7.70. The molecule has 0 heterocycles. The predicted octanol–water partition coefficient (Wildman–Crippen LogP) is 3.94. The fourth-order valence-electron chi connectivity index (χ4n) is 2.75. The number of benzene rings is 2. The van der Waals surface area contributed by atoms with Gasteiger partial charge in [-0.05, 0) is 54.3 Å². The Kier molecular flexibility index (Phi) is 8.76. The second-order valence-electron chi connectivity index (χ2n) is 6.64. The highest BCUT2D eigenvalue weighted by atomic mass is 16.5. The molecule has 0 saturated carbocycles. The molecule has 2 aromatic carbocycles. The number of hydrogen-bond acceptors (Lipinski definition) is 4. The predicted molar refractivity (Wildman–Crippen MR) is 115 cm³/mol. The standard InChI is InChI=1S/C23H28N2O4/c1-3-4-5-6-17-7-11-19(12-8-17)25-23(27)14-10-18-9-13-20(21(15-18)28-2)29-16-22(24)26/h7-15H,3-6,16H2,1-2H3,(H2,24,26)(H,25,27)/b14-10+. The first-order valence-electron chi connectivity index (χ1n) is 9.69. The summed E-state index contributed by atoms with van der Waals surface area (Å²) < 4.78 is 10.5. The van der Waals surface area contributed by atoms with E-state index < -0.39 is 5.91 Å². The number of aryl methyl sites for hydroxylation is 1. The van der Waals surface area contributed by atoms with Gasteiger partial charge in [-0.3, -0.25) is 9.59 Å². The van der Waals surface area contributed by atoms with Crippen molar-refractivity contribution in [3.05, 3.63) is 59.7 Å². The summed E-state index contributed by atoms with van der Waals surface area (Å²) in [5, 5.41) is 2.85. The van der Waals surface area contributed by atoms with Crippen LogP contribution in [0.2, 0.25) is 0 Å². The molecule has 0 aliphatic rings. The van der Waals surface area contributed by atoms with Crippen LogP contribution in [-0.4, -0.2) is 25.5 Å². The van der Waals surface area contributed by atoms with Crippen molar-refractivity contribution in [3.8, 4) is 11.5 Å². The first kappa shape index (κ1) is 22.0. The van der Waals surface area contributed by atoms with Crippen molar-refractivity contribution in [2.24, 2.45) is 5.73 Å². The number of unbranched alkanes of at least 4 members (excludes halogenated alkanes) is 2. The number of methoxy groups -OCH3 is 1. The maximum absolute atomic E-state index is 12.2. The Morgan fingerprint density at radius 3 is 2.48 bits per heavy atom. The van der Waals surface area contributed by atoms with E-state index >= 15 is 0 Å². The minimum Gasteiger partial charge on any atom is -0.493 e. The maximum atomic E-state index is 12.2. The fraction of sp³-hybridized carbons (Fsp3) is 0.304. The highest BCUT2D eigenvalue weighted by Gasteiger charge is 2.06. The van der Waals surface area contributed by atoms with E-state index in [9.17, 15) is 9.59 Å². The molecule has 0 fully saturated rings. The summed E-state index contributed by atoms with van der Waals surface area (Å²) in [6.45, 7) is 1.96. The molecule has 6 heteroatoms. The molecule has 0 radical (unpaired) electrons. The van der Waals surface area contributed by atoms with Gasteiger partial charge in [-0.1, -0.05) is 38.0 Å². The second kappa shape index (κ2) is 11.5. The molecule has 3 N–H and O–H groups in total. The van der Waals surface area contributed by atoms with Crippen LogP contribution in [0.25, 0.3) is 6.08 Å². The molecular weight excluding hydrogens is 368 g/mol. The van der Waals surface area contributed by atoms with E-state index in [-0.39, 0.29) is 12.5 Å². The van der Waals surface area contributed by atoms with Crippen LogP contribution in [0, 0.1) is 0 Å². The molecule has 2 amide bonds. The van der Waals surface area contributed by atoms with Crippen LogP contribution in [0.5, 0.6) is 11.5 Å². The topological polar surface area (TPSA) is 90.6 Å². The molecular formula is C23H28N2O4. The monoisotopic (exact) mass is 396 g/mol. The van der Waals surface area contributed by atoms with Crippen molar-refractivity contribution in [3.63, 3.8) is 0 Å². The lowest BCUT2D eigenvalue weighted by atomic mass is 10.1. The van der Waals surface area contributed by atoms with E-state index in [1.54, 1.807) is 24.3 Å². The van der Waals surface area contributed by atoms with Gasteiger partial charge in [0.15, 0.2) is 18.1 Å². The number of anilines is 1. The number of ether oxygens (including phenoxy) is 2. The number of primary amides is 1. The molecule has 154 valence electrons. The van der Waals surface area contributed by atoms with Gasteiger partial charge >= 0.3 is 0 Å². The molecule has 0 saturated heterocycles. The Labute approximate surface area is 171 Å². The molecule has 2 rings (SSSR count). The van der Waals surface area contributed by atoms with Crippen LogP contribution in [0.1, 0.15) is 37.3 Å². The first-order chi connectivity index (χ1) is 14.0. The van der Waals surface area contributed by atoms with E-state index in [1.807, 2.05) is 24.3 Å². The van der Waals surface area contributed by atoms with Gasteiger partial charge in [-0.25, -0.2) is 0 Å². The maximum Gasteiger partial charge on any atom is 0.255 e. The summed E-state index contributed by atoms with van der Waals surface area (Å²) in [6, 6.07) is 13.1.